The fourth-order valence-corrected chi connectivity index (χ4v) is 5.78. The van der Waals surface area contributed by atoms with Gasteiger partial charge in [-0.05, 0) is 50.1 Å². The average Bonchev–Trinajstić information content (AvgIpc) is 3.15. The van der Waals surface area contributed by atoms with Gasteiger partial charge in [0.2, 0.25) is 0 Å². The number of hydrogen-bond acceptors (Lipinski definition) is 7. The van der Waals surface area contributed by atoms with E-state index in [1.807, 2.05) is 63.2 Å². The lowest BCUT2D eigenvalue weighted by molar-refractivity contribution is 0.0993. The minimum atomic E-state index is -0.201. The Hall–Kier alpha value is -1.83. The third-order valence-electron chi connectivity index (χ3n) is 4.21. The molecule has 0 saturated heterocycles. The highest BCUT2D eigenvalue weighted by Gasteiger charge is 2.20. The van der Waals surface area contributed by atoms with Crippen LogP contribution in [0.4, 0.5) is 0 Å². The number of aryl methyl sites for hydroxylation is 2. The number of aromatic nitrogens is 2. The molecule has 0 radical (unpaired) electrons. The van der Waals surface area contributed by atoms with Crippen molar-refractivity contribution in [1.82, 2.24) is 10.2 Å². The Bertz CT molecular complexity index is 955. The zero-order valence-electron chi connectivity index (χ0n) is 16.3. The minimum Gasteiger partial charge on any atom is -0.497 e. The number of hydrogen-bond donors (Lipinski definition) is 0. The molecule has 0 aliphatic rings. The van der Waals surface area contributed by atoms with Crippen molar-refractivity contribution in [1.29, 1.82) is 0 Å². The first-order valence-corrected chi connectivity index (χ1v) is 11.5. The minimum absolute atomic E-state index is 0.133. The predicted molar refractivity (Wildman–Crippen MR) is 118 cm³/mol. The molecule has 0 N–H and O–H groups in total. The third-order valence-corrected chi connectivity index (χ3v) is 7.53. The van der Waals surface area contributed by atoms with Crippen LogP contribution < -0.4 is 4.74 Å². The molecular formula is C21H22N2O2S3. The van der Waals surface area contributed by atoms with E-state index in [9.17, 15) is 4.79 Å². The summed E-state index contributed by atoms with van der Waals surface area (Å²) in [5.41, 5.74) is 4.10. The van der Waals surface area contributed by atoms with Gasteiger partial charge in [0.15, 0.2) is 14.5 Å². The number of ketones is 1. The summed E-state index contributed by atoms with van der Waals surface area (Å²) in [5.74, 6) is 1.81. The van der Waals surface area contributed by atoms with Crippen LogP contribution in [-0.4, -0.2) is 28.3 Å². The molecule has 0 aliphatic heterocycles. The molecule has 0 amide bonds. The number of rotatable bonds is 8. The molecule has 2 aromatic carbocycles. The van der Waals surface area contributed by atoms with Gasteiger partial charge in [0.25, 0.3) is 0 Å². The lowest BCUT2D eigenvalue weighted by atomic mass is 10.0. The molecule has 146 valence electrons. The zero-order chi connectivity index (χ0) is 20.1. The van der Waals surface area contributed by atoms with Crippen molar-refractivity contribution in [2.75, 3.05) is 7.11 Å². The summed E-state index contributed by atoms with van der Waals surface area (Å²) in [6.07, 6.45) is 0. The summed E-state index contributed by atoms with van der Waals surface area (Å²) in [6.45, 7) is 5.91. The SMILES string of the molecule is COc1ccc(CSc2nnc(S[C@H](C)C(=O)c3cc(C)ccc3C)s2)cc1. The number of methoxy groups -OCH3 is 1. The molecule has 1 heterocycles. The Morgan fingerprint density at radius 2 is 1.82 bits per heavy atom. The van der Waals surface area contributed by atoms with Crippen molar-refractivity contribution in [2.24, 2.45) is 0 Å². The summed E-state index contributed by atoms with van der Waals surface area (Å²) in [7, 11) is 1.66. The number of Topliss-reactive ketones (excluding diaryl/α,β-unsaturated/α-hetero) is 1. The number of thioether (sulfide) groups is 2. The number of ether oxygens (including phenoxy) is 1. The van der Waals surface area contributed by atoms with Gasteiger partial charge in [-0.2, -0.15) is 0 Å². The highest BCUT2D eigenvalue weighted by molar-refractivity contribution is 8.03. The number of benzene rings is 2. The van der Waals surface area contributed by atoms with Crippen LogP contribution in [0, 0.1) is 13.8 Å². The first-order chi connectivity index (χ1) is 13.5. The topological polar surface area (TPSA) is 52.1 Å². The van der Waals surface area contributed by atoms with E-state index in [4.69, 9.17) is 4.74 Å². The maximum absolute atomic E-state index is 12.8. The Kier molecular flexibility index (Phi) is 7.15. The second-order valence-electron chi connectivity index (χ2n) is 6.41. The molecule has 1 aromatic heterocycles. The van der Waals surface area contributed by atoms with E-state index in [0.717, 1.165) is 36.9 Å². The molecule has 0 fully saturated rings. The van der Waals surface area contributed by atoms with Crippen LogP contribution >= 0.6 is 34.9 Å². The summed E-state index contributed by atoms with van der Waals surface area (Å²) in [6, 6.07) is 14.0. The summed E-state index contributed by atoms with van der Waals surface area (Å²) in [4.78, 5) is 12.8. The van der Waals surface area contributed by atoms with Gasteiger partial charge in [-0.25, -0.2) is 0 Å². The van der Waals surface area contributed by atoms with E-state index >= 15 is 0 Å². The van der Waals surface area contributed by atoms with Crippen LogP contribution in [0.1, 0.15) is 34.0 Å². The van der Waals surface area contributed by atoms with Crippen LogP contribution in [0.15, 0.2) is 51.1 Å². The molecule has 28 heavy (non-hydrogen) atoms. The number of carbonyl (C=O) groups excluding carboxylic acids is 1. The van der Waals surface area contributed by atoms with Crippen molar-refractivity contribution in [3.05, 3.63) is 64.7 Å². The van der Waals surface area contributed by atoms with E-state index in [0.29, 0.717) is 0 Å². The predicted octanol–water partition coefficient (Wildman–Crippen LogP) is 5.82. The van der Waals surface area contributed by atoms with Gasteiger partial charge >= 0.3 is 0 Å². The summed E-state index contributed by atoms with van der Waals surface area (Å²) in [5, 5.41) is 8.31. The lowest BCUT2D eigenvalue weighted by Crippen LogP contribution is -2.15. The van der Waals surface area contributed by atoms with E-state index in [1.54, 1.807) is 18.9 Å². The summed E-state index contributed by atoms with van der Waals surface area (Å²) < 4.78 is 6.91. The zero-order valence-corrected chi connectivity index (χ0v) is 18.7. The highest BCUT2D eigenvalue weighted by Crippen LogP contribution is 2.34. The van der Waals surface area contributed by atoms with Gasteiger partial charge < -0.3 is 4.74 Å². The van der Waals surface area contributed by atoms with E-state index in [1.165, 1.54) is 28.7 Å². The summed E-state index contributed by atoms with van der Waals surface area (Å²) >= 11 is 4.66. The monoisotopic (exact) mass is 430 g/mol. The van der Waals surface area contributed by atoms with Crippen molar-refractivity contribution >= 4 is 40.6 Å². The fourth-order valence-electron chi connectivity index (χ4n) is 2.59. The van der Waals surface area contributed by atoms with Gasteiger partial charge in [0.1, 0.15) is 5.75 Å². The third kappa shape index (κ3) is 5.37. The lowest BCUT2D eigenvalue weighted by Gasteiger charge is -2.11. The van der Waals surface area contributed by atoms with Crippen molar-refractivity contribution in [3.63, 3.8) is 0 Å². The Balaban J connectivity index is 1.58. The molecule has 3 aromatic rings. The molecule has 4 nitrogen and oxygen atoms in total. The Morgan fingerprint density at radius 1 is 1.11 bits per heavy atom. The van der Waals surface area contributed by atoms with Crippen LogP contribution in [-0.2, 0) is 5.75 Å². The van der Waals surface area contributed by atoms with Crippen molar-refractivity contribution in [3.8, 4) is 5.75 Å². The normalized spacial score (nSPS) is 12.0. The van der Waals surface area contributed by atoms with Gasteiger partial charge in [-0.15, -0.1) is 10.2 Å². The molecular weight excluding hydrogens is 408 g/mol. The van der Waals surface area contributed by atoms with E-state index in [2.05, 4.69) is 10.2 Å². The Labute approximate surface area is 178 Å². The molecule has 0 unspecified atom stereocenters. The van der Waals surface area contributed by atoms with E-state index < -0.39 is 0 Å². The number of nitrogens with zero attached hydrogens (tertiary/aromatic N) is 2. The van der Waals surface area contributed by atoms with Crippen molar-refractivity contribution in [2.45, 2.75) is 40.5 Å². The van der Waals surface area contributed by atoms with Crippen molar-refractivity contribution < 1.29 is 9.53 Å². The van der Waals surface area contributed by atoms with Crippen LogP contribution in [0.3, 0.4) is 0 Å². The molecule has 3 rings (SSSR count). The van der Waals surface area contributed by atoms with Gasteiger partial charge in [-0.3, -0.25) is 4.79 Å². The fraction of sp³-hybridized carbons (Fsp3) is 0.286. The molecule has 7 heteroatoms. The van der Waals surface area contributed by atoms with Crippen LogP contribution in [0.2, 0.25) is 0 Å². The maximum atomic E-state index is 12.8. The van der Waals surface area contributed by atoms with Crippen LogP contribution in [0.25, 0.3) is 0 Å². The second kappa shape index (κ2) is 9.58. The van der Waals surface area contributed by atoms with Crippen LogP contribution in [0.5, 0.6) is 5.75 Å². The highest BCUT2D eigenvalue weighted by atomic mass is 32.2. The second-order valence-corrected chi connectivity index (χ2v) is 10.2. The average molecular weight is 431 g/mol. The molecule has 0 aliphatic carbocycles. The molecule has 0 spiro atoms. The molecule has 0 bridgehead atoms. The van der Waals surface area contributed by atoms with E-state index in [-0.39, 0.29) is 11.0 Å². The smallest absolute Gasteiger partial charge is 0.176 e. The molecule has 1 atom stereocenters. The Morgan fingerprint density at radius 3 is 2.54 bits per heavy atom. The quantitative estimate of drug-likeness (QED) is 0.331. The largest absolute Gasteiger partial charge is 0.497 e. The van der Waals surface area contributed by atoms with Gasteiger partial charge in [-0.1, -0.05) is 64.7 Å². The van der Waals surface area contributed by atoms with Gasteiger partial charge in [0.05, 0.1) is 12.4 Å². The first-order valence-electron chi connectivity index (χ1n) is 8.83. The standard InChI is InChI=1S/C21H22N2O2S3/c1-13-5-6-14(2)18(11-13)19(24)15(3)27-21-23-22-20(28-21)26-12-16-7-9-17(25-4)10-8-16/h5-11,15H,12H2,1-4H3/t15-/m1/s1. The molecule has 0 saturated carbocycles. The maximum Gasteiger partial charge on any atom is 0.176 e. The van der Waals surface area contributed by atoms with Gasteiger partial charge in [0, 0.05) is 11.3 Å². The number of carbonyl (C=O) groups is 1. The first kappa shape index (κ1) is 20.9.